The third-order valence-electron chi connectivity index (χ3n) is 4.08. The van der Waals surface area contributed by atoms with E-state index in [1.807, 2.05) is 12.1 Å². The highest BCUT2D eigenvalue weighted by Gasteiger charge is 2.20. The van der Waals surface area contributed by atoms with Gasteiger partial charge in [0.2, 0.25) is 11.8 Å². The van der Waals surface area contributed by atoms with Gasteiger partial charge in [-0.2, -0.15) is 4.52 Å². The smallest absolute Gasteiger partial charge is 0.227 e. The zero-order chi connectivity index (χ0) is 17.6. The molecule has 0 amide bonds. The van der Waals surface area contributed by atoms with Crippen molar-refractivity contribution in [1.29, 1.82) is 0 Å². The lowest BCUT2D eigenvalue weighted by molar-refractivity contribution is 0.208. The topological polar surface area (TPSA) is 88.5 Å². The lowest BCUT2D eigenvalue weighted by Crippen LogP contribution is -2.18. The molecule has 1 atom stereocenters. The van der Waals surface area contributed by atoms with E-state index < -0.39 is 6.10 Å². The summed E-state index contributed by atoms with van der Waals surface area (Å²) in [6.45, 7) is 6.35. The van der Waals surface area contributed by atoms with Crippen molar-refractivity contribution in [2.45, 2.75) is 33.3 Å². The van der Waals surface area contributed by atoms with E-state index in [1.54, 1.807) is 29.0 Å². The fourth-order valence-electron chi connectivity index (χ4n) is 2.93. The number of hydrogen-bond donors (Lipinski definition) is 2. The van der Waals surface area contributed by atoms with Gasteiger partial charge >= 0.3 is 0 Å². The first-order chi connectivity index (χ1) is 12.1. The second-order valence-electron chi connectivity index (χ2n) is 5.98. The van der Waals surface area contributed by atoms with Gasteiger partial charge in [-0.25, -0.2) is 9.97 Å². The zero-order valence-electron chi connectivity index (χ0n) is 14.3. The summed E-state index contributed by atoms with van der Waals surface area (Å²) in [7, 11) is 0. The number of aromatic nitrogens is 4. The van der Waals surface area contributed by atoms with Crippen LogP contribution in [-0.2, 0) is 6.42 Å². The summed E-state index contributed by atoms with van der Waals surface area (Å²) in [5.74, 6) is 1.70. The Morgan fingerprint density at radius 2 is 2.24 bits per heavy atom. The molecular weight excluding hydrogens is 338 g/mol. The molecule has 4 aromatic heterocycles. The van der Waals surface area contributed by atoms with Gasteiger partial charge in [0.1, 0.15) is 4.83 Å². The SMILES string of the molecule is CCc1c(C)sc2nc(NC[C@H](C)O)n3nc(-c4ccco4)nc3c12. The van der Waals surface area contributed by atoms with Crippen molar-refractivity contribution in [1.82, 2.24) is 19.6 Å². The van der Waals surface area contributed by atoms with E-state index in [-0.39, 0.29) is 0 Å². The maximum Gasteiger partial charge on any atom is 0.227 e. The van der Waals surface area contributed by atoms with E-state index in [1.165, 1.54) is 10.4 Å². The summed E-state index contributed by atoms with van der Waals surface area (Å²) in [6, 6.07) is 3.65. The fourth-order valence-corrected chi connectivity index (χ4v) is 4.03. The van der Waals surface area contributed by atoms with Gasteiger partial charge in [0.05, 0.1) is 17.8 Å². The number of hydrogen-bond acceptors (Lipinski definition) is 7. The molecule has 0 aliphatic heterocycles. The largest absolute Gasteiger partial charge is 0.461 e. The number of rotatable bonds is 5. The normalized spacial score (nSPS) is 13.0. The van der Waals surface area contributed by atoms with E-state index in [0.717, 1.165) is 22.3 Å². The number of fused-ring (bicyclic) bond motifs is 3. The molecule has 8 heteroatoms. The van der Waals surface area contributed by atoms with Gasteiger partial charge in [-0.3, -0.25) is 0 Å². The Morgan fingerprint density at radius 1 is 1.40 bits per heavy atom. The highest BCUT2D eigenvalue weighted by Crippen LogP contribution is 2.34. The minimum absolute atomic E-state index is 0.383. The molecule has 0 aliphatic carbocycles. The van der Waals surface area contributed by atoms with Crippen LogP contribution in [0.1, 0.15) is 24.3 Å². The molecule has 4 rings (SSSR count). The van der Waals surface area contributed by atoms with Gasteiger partial charge in [0.15, 0.2) is 11.4 Å². The lowest BCUT2D eigenvalue weighted by atomic mass is 10.1. The van der Waals surface area contributed by atoms with Crippen LogP contribution in [-0.4, -0.2) is 37.3 Å². The van der Waals surface area contributed by atoms with Gasteiger partial charge in [-0.1, -0.05) is 6.92 Å². The standard InChI is InChI=1S/C17H19N5O2S/c1-4-11-10(3)25-16-13(11)15-19-14(12-6-5-7-24-12)21-22(15)17(20-16)18-8-9(2)23/h5-7,9,23H,4,8H2,1-3H3,(H,18,20)/t9-/m0/s1. The zero-order valence-corrected chi connectivity index (χ0v) is 15.1. The van der Waals surface area contributed by atoms with Crippen molar-refractivity contribution in [2.75, 3.05) is 11.9 Å². The summed E-state index contributed by atoms with van der Waals surface area (Å²) in [4.78, 5) is 11.6. The number of thiophene rings is 1. The number of aryl methyl sites for hydroxylation is 2. The first-order valence-corrected chi connectivity index (χ1v) is 9.04. The van der Waals surface area contributed by atoms with Crippen LogP contribution in [0.5, 0.6) is 0 Å². The molecule has 0 bridgehead atoms. The highest BCUT2D eigenvalue weighted by atomic mass is 32.1. The first-order valence-electron chi connectivity index (χ1n) is 8.23. The molecule has 2 N–H and O–H groups in total. The van der Waals surface area contributed by atoms with Crippen molar-refractivity contribution in [3.05, 3.63) is 28.8 Å². The van der Waals surface area contributed by atoms with Crippen LogP contribution >= 0.6 is 11.3 Å². The number of nitrogens with zero attached hydrogens (tertiary/aromatic N) is 4. The molecule has 25 heavy (non-hydrogen) atoms. The number of anilines is 1. The molecule has 0 aromatic carbocycles. The third kappa shape index (κ3) is 2.67. The summed E-state index contributed by atoms with van der Waals surface area (Å²) in [5.41, 5.74) is 2.00. The molecule has 4 aromatic rings. The first kappa shape index (κ1) is 16.0. The predicted molar refractivity (Wildman–Crippen MR) is 98.2 cm³/mol. The van der Waals surface area contributed by atoms with Crippen LogP contribution in [0.3, 0.4) is 0 Å². The average molecular weight is 357 g/mol. The van der Waals surface area contributed by atoms with Crippen LogP contribution in [0.15, 0.2) is 22.8 Å². The van der Waals surface area contributed by atoms with Crippen molar-refractivity contribution < 1.29 is 9.52 Å². The molecule has 130 valence electrons. The molecule has 7 nitrogen and oxygen atoms in total. The van der Waals surface area contributed by atoms with Crippen molar-refractivity contribution in [3.63, 3.8) is 0 Å². The van der Waals surface area contributed by atoms with Crippen LogP contribution < -0.4 is 5.32 Å². The van der Waals surface area contributed by atoms with E-state index in [2.05, 4.69) is 24.3 Å². The van der Waals surface area contributed by atoms with Gasteiger partial charge < -0.3 is 14.8 Å². The molecule has 0 aliphatic rings. The monoisotopic (exact) mass is 357 g/mol. The number of aliphatic hydroxyl groups is 1. The summed E-state index contributed by atoms with van der Waals surface area (Å²) >= 11 is 1.66. The van der Waals surface area contributed by atoms with Crippen molar-refractivity contribution in [2.24, 2.45) is 0 Å². The van der Waals surface area contributed by atoms with Gasteiger partial charge in [-0.05, 0) is 38.0 Å². The van der Waals surface area contributed by atoms with Crippen LogP contribution in [0.25, 0.3) is 27.4 Å². The fraction of sp³-hybridized carbons (Fsp3) is 0.353. The summed E-state index contributed by atoms with van der Waals surface area (Å²) < 4.78 is 7.15. The Labute approximate surface area is 148 Å². The van der Waals surface area contributed by atoms with Crippen LogP contribution in [0.4, 0.5) is 5.95 Å². The van der Waals surface area contributed by atoms with E-state index in [4.69, 9.17) is 14.4 Å². The Kier molecular flexibility index (Phi) is 3.93. The quantitative estimate of drug-likeness (QED) is 0.570. The molecule has 0 unspecified atom stereocenters. The summed E-state index contributed by atoms with van der Waals surface area (Å²) in [6.07, 6.45) is 2.03. The van der Waals surface area contributed by atoms with E-state index >= 15 is 0 Å². The summed E-state index contributed by atoms with van der Waals surface area (Å²) in [5, 5.41) is 18.4. The van der Waals surface area contributed by atoms with Crippen LogP contribution in [0, 0.1) is 6.92 Å². The molecule has 0 saturated heterocycles. The maximum atomic E-state index is 9.59. The second kappa shape index (κ2) is 6.12. The Balaban J connectivity index is 2.00. The average Bonchev–Trinajstić information content (AvgIpc) is 3.29. The number of furan rings is 1. The Bertz CT molecular complexity index is 1030. The molecule has 0 radical (unpaired) electrons. The minimum Gasteiger partial charge on any atom is -0.461 e. The van der Waals surface area contributed by atoms with Gasteiger partial charge in [0.25, 0.3) is 0 Å². The Hall–Kier alpha value is -2.45. The van der Waals surface area contributed by atoms with E-state index in [0.29, 0.717) is 24.1 Å². The number of aliphatic hydroxyl groups excluding tert-OH is 1. The molecule has 0 fully saturated rings. The van der Waals surface area contributed by atoms with Crippen molar-refractivity contribution >= 4 is 33.1 Å². The number of nitrogens with one attached hydrogen (secondary N) is 1. The van der Waals surface area contributed by atoms with Crippen LogP contribution in [0.2, 0.25) is 0 Å². The molecule has 0 saturated carbocycles. The predicted octanol–water partition coefficient (Wildman–Crippen LogP) is 3.26. The highest BCUT2D eigenvalue weighted by molar-refractivity contribution is 7.18. The maximum absolute atomic E-state index is 9.59. The van der Waals surface area contributed by atoms with E-state index in [9.17, 15) is 5.11 Å². The molecule has 0 spiro atoms. The minimum atomic E-state index is -0.489. The molecule has 4 heterocycles. The van der Waals surface area contributed by atoms with Gasteiger partial charge in [-0.15, -0.1) is 16.4 Å². The third-order valence-corrected chi connectivity index (χ3v) is 5.12. The second-order valence-corrected chi connectivity index (χ2v) is 7.19. The van der Waals surface area contributed by atoms with Gasteiger partial charge in [0, 0.05) is 11.4 Å². The Morgan fingerprint density at radius 3 is 2.92 bits per heavy atom. The van der Waals surface area contributed by atoms with Crippen molar-refractivity contribution in [3.8, 4) is 11.6 Å². The lowest BCUT2D eigenvalue weighted by Gasteiger charge is -2.09. The molecular formula is C17H19N5O2S.